The molecule has 2 fully saturated rings. The molecule has 0 unspecified atom stereocenters. The molecule has 0 saturated carbocycles. The van der Waals surface area contributed by atoms with Gasteiger partial charge < -0.3 is 9.64 Å². The summed E-state index contributed by atoms with van der Waals surface area (Å²) in [7, 11) is 5.84. The number of ether oxygens (including phenoxy) is 1. The molecular weight excluding hydrogens is 316 g/mol. The van der Waals surface area contributed by atoms with E-state index in [4.69, 9.17) is 4.74 Å². The molecule has 1 atom stereocenters. The van der Waals surface area contributed by atoms with Crippen LogP contribution < -0.4 is 0 Å². The van der Waals surface area contributed by atoms with Crippen LogP contribution in [0.5, 0.6) is 0 Å². The Kier molecular flexibility index (Phi) is 4.04. The summed E-state index contributed by atoms with van der Waals surface area (Å²) in [6, 6.07) is 7.92. The third kappa shape index (κ3) is 2.64. The van der Waals surface area contributed by atoms with Gasteiger partial charge in [-0.25, -0.2) is 0 Å². The zero-order valence-electron chi connectivity index (χ0n) is 15.2. The Balaban J connectivity index is 1.52. The number of likely N-dealkylation sites (tertiary alicyclic amines) is 2. The Morgan fingerprint density at radius 1 is 1.32 bits per heavy atom. The Morgan fingerprint density at radius 2 is 2.08 bits per heavy atom. The van der Waals surface area contributed by atoms with Crippen molar-refractivity contribution in [2.24, 2.45) is 13.0 Å². The number of aryl methyl sites for hydroxylation is 1. The highest BCUT2D eigenvalue weighted by Gasteiger charge is 2.51. The van der Waals surface area contributed by atoms with E-state index in [9.17, 15) is 4.79 Å². The van der Waals surface area contributed by atoms with Gasteiger partial charge in [-0.05, 0) is 38.4 Å². The largest absolute Gasteiger partial charge is 0.384 e. The highest BCUT2D eigenvalue weighted by Crippen LogP contribution is 2.39. The Bertz CT molecular complexity index is 794. The lowest BCUT2D eigenvalue weighted by molar-refractivity contribution is -0.0732. The van der Waals surface area contributed by atoms with Gasteiger partial charge >= 0.3 is 0 Å². The molecule has 3 heterocycles. The smallest absolute Gasteiger partial charge is 0.275 e. The molecule has 4 rings (SSSR count). The maximum absolute atomic E-state index is 13.0. The van der Waals surface area contributed by atoms with Crippen LogP contribution in [0.2, 0.25) is 0 Å². The second kappa shape index (κ2) is 6.11. The van der Waals surface area contributed by atoms with Gasteiger partial charge in [0.1, 0.15) is 0 Å². The van der Waals surface area contributed by atoms with E-state index in [1.807, 2.05) is 36.2 Å². The Morgan fingerprint density at radius 3 is 2.84 bits per heavy atom. The summed E-state index contributed by atoms with van der Waals surface area (Å²) in [5.41, 5.74) is 1.68. The van der Waals surface area contributed by atoms with E-state index in [0.717, 1.165) is 43.6 Å². The van der Waals surface area contributed by atoms with E-state index in [-0.39, 0.29) is 11.4 Å². The normalized spacial score (nSPS) is 23.2. The molecule has 6 heteroatoms. The number of amides is 1. The van der Waals surface area contributed by atoms with Gasteiger partial charge in [0.25, 0.3) is 5.91 Å². The van der Waals surface area contributed by atoms with Gasteiger partial charge in [0.15, 0.2) is 5.69 Å². The van der Waals surface area contributed by atoms with E-state index in [1.165, 1.54) is 6.42 Å². The molecule has 1 amide bonds. The number of para-hydroxylation sites is 1. The molecule has 6 nitrogen and oxygen atoms in total. The van der Waals surface area contributed by atoms with Crippen molar-refractivity contribution in [1.82, 2.24) is 19.6 Å². The number of piperidine rings is 1. The minimum atomic E-state index is 0.0460. The van der Waals surface area contributed by atoms with Crippen molar-refractivity contribution in [3.05, 3.63) is 30.0 Å². The number of hydrogen-bond acceptors (Lipinski definition) is 4. The quantitative estimate of drug-likeness (QED) is 0.853. The first kappa shape index (κ1) is 16.5. The first-order chi connectivity index (χ1) is 12.0. The molecule has 0 aliphatic carbocycles. The molecule has 134 valence electrons. The molecule has 1 aromatic heterocycles. The van der Waals surface area contributed by atoms with Gasteiger partial charge in [0.05, 0.1) is 11.1 Å². The molecule has 2 aliphatic heterocycles. The van der Waals surface area contributed by atoms with Crippen molar-refractivity contribution in [2.45, 2.75) is 18.4 Å². The number of benzene rings is 1. The molecular formula is C19H26N4O2. The standard InChI is InChI=1S/C19H26N4O2/c1-21-9-8-14(11-25-3)10-19(21)12-23(13-19)18(24)17-15-6-4-5-7-16(15)22(2)20-17/h4-7,14H,8-13H2,1-3H3/t14-/m0/s1. The van der Waals surface area contributed by atoms with Crippen molar-refractivity contribution in [3.8, 4) is 0 Å². The van der Waals surface area contributed by atoms with Crippen LogP contribution >= 0.6 is 0 Å². The number of hydrogen-bond donors (Lipinski definition) is 0. The lowest BCUT2D eigenvalue weighted by Crippen LogP contribution is -2.72. The molecule has 0 radical (unpaired) electrons. The Labute approximate surface area is 148 Å². The number of carbonyl (C=O) groups is 1. The van der Waals surface area contributed by atoms with Crippen molar-refractivity contribution in [3.63, 3.8) is 0 Å². The minimum absolute atomic E-state index is 0.0460. The Hall–Kier alpha value is -1.92. The lowest BCUT2D eigenvalue weighted by atomic mass is 9.75. The average molecular weight is 342 g/mol. The highest BCUT2D eigenvalue weighted by atomic mass is 16.5. The molecule has 1 aromatic carbocycles. The van der Waals surface area contributed by atoms with E-state index >= 15 is 0 Å². The minimum Gasteiger partial charge on any atom is -0.384 e. The van der Waals surface area contributed by atoms with Crippen LogP contribution in [-0.4, -0.2) is 71.4 Å². The number of likely N-dealkylation sites (N-methyl/N-ethyl adjacent to an activating group) is 1. The molecule has 2 saturated heterocycles. The average Bonchev–Trinajstić information content (AvgIpc) is 2.92. The van der Waals surface area contributed by atoms with Crippen molar-refractivity contribution < 1.29 is 9.53 Å². The zero-order valence-corrected chi connectivity index (χ0v) is 15.2. The predicted octanol–water partition coefficient (Wildman–Crippen LogP) is 1.76. The summed E-state index contributed by atoms with van der Waals surface area (Å²) in [5, 5.41) is 5.42. The van der Waals surface area contributed by atoms with E-state index in [2.05, 4.69) is 17.0 Å². The van der Waals surface area contributed by atoms with E-state index in [1.54, 1.807) is 11.8 Å². The second-order valence-corrected chi connectivity index (χ2v) is 7.61. The summed E-state index contributed by atoms with van der Waals surface area (Å²) in [5.74, 6) is 0.638. The summed E-state index contributed by atoms with van der Waals surface area (Å²) >= 11 is 0. The number of fused-ring (bicyclic) bond motifs is 1. The molecule has 2 aromatic rings. The van der Waals surface area contributed by atoms with E-state index in [0.29, 0.717) is 11.6 Å². The second-order valence-electron chi connectivity index (χ2n) is 7.61. The summed E-state index contributed by atoms with van der Waals surface area (Å²) in [6.07, 6.45) is 2.27. The van der Waals surface area contributed by atoms with Crippen LogP contribution in [0.4, 0.5) is 0 Å². The van der Waals surface area contributed by atoms with E-state index < -0.39 is 0 Å². The fourth-order valence-corrected chi connectivity index (χ4v) is 4.49. The van der Waals surface area contributed by atoms with Gasteiger partial charge in [0.2, 0.25) is 0 Å². The third-order valence-corrected chi connectivity index (χ3v) is 5.97. The summed E-state index contributed by atoms with van der Waals surface area (Å²) < 4.78 is 7.15. The third-order valence-electron chi connectivity index (χ3n) is 5.97. The van der Waals surface area contributed by atoms with Crippen LogP contribution in [-0.2, 0) is 11.8 Å². The fourth-order valence-electron chi connectivity index (χ4n) is 4.49. The monoisotopic (exact) mass is 342 g/mol. The SMILES string of the molecule is COC[C@H]1CCN(C)C2(C1)CN(C(=O)c1nn(C)c3ccccc13)C2. The molecule has 2 aliphatic rings. The maximum atomic E-state index is 13.0. The maximum Gasteiger partial charge on any atom is 0.275 e. The zero-order chi connectivity index (χ0) is 17.6. The number of methoxy groups -OCH3 is 1. The molecule has 0 bridgehead atoms. The van der Waals surface area contributed by atoms with Crippen LogP contribution in [0, 0.1) is 5.92 Å². The topological polar surface area (TPSA) is 50.6 Å². The van der Waals surface area contributed by atoms with Crippen LogP contribution in [0.15, 0.2) is 24.3 Å². The van der Waals surface area contributed by atoms with Crippen LogP contribution in [0.3, 0.4) is 0 Å². The number of carbonyl (C=O) groups excluding carboxylic acids is 1. The van der Waals surface area contributed by atoms with Gasteiger partial charge in [-0.2, -0.15) is 5.10 Å². The summed E-state index contributed by atoms with van der Waals surface area (Å²) in [6.45, 7) is 3.46. The summed E-state index contributed by atoms with van der Waals surface area (Å²) in [4.78, 5) is 17.4. The van der Waals surface area contributed by atoms with Crippen molar-refractivity contribution in [2.75, 3.05) is 40.4 Å². The van der Waals surface area contributed by atoms with Gasteiger partial charge in [-0.1, -0.05) is 18.2 Å². The number of rotatable bonds is 3. The van der Waals surface area contributed by atoms with Gasteiger partial charge in [0, 0.05) is 39.2 Å². The van der Waals surface area contributed by atoms with Crippen LogP contribution in [0.1, 0.15) is 23.3 Å². The molecule has 1 spiro atoms. The highest BCUT2D eigenvalue weighted by molar-refractivity contribution is 6.05. The van der Waals surface area contributed by atoms with Gasteiger partial charge in [-0.15, -0.1) is 0 Å². The van der Waals surface area contributed by atoms with Crippen LogP contribution in [0.25, 0.3) is 10.9 Å². The van der Waals surface area contributed by atoms with Gasteiger partial charge in [-0.3, -0.25) is 14.4 Å². The number of nitrogens with zero attached hydrogens (tertiary/aromatic N) is 4. The molecule has 25 heavy (non-hydrogen) atoms. The molecule has 0 N–H and O–H groups in total. The predicted molar refractivity (Wildman–Crippen MR) is 96.6 cm³/mol. The number of aromatic nitrogens is 2. The first-order valence-corrected chi connectivity index (χ1v) is 8.95. The van der Waals surface area contributed by atoms with Crippen molar-refractivity contribution in [1.29, 1.82) is 0 Å². The fraction of sp³-hybridized carbons (Fsp3) is 0.579. The van der Waals surface area contributed by atoms with Crippen molar-refractivity contribution >= 4 is 16.8 Å². The first-order valence-electron chi connectivity index (χ1n) is 8.95. The lowest BCUT2D eigenvalue weighted by Gasteiger charge is -2.58.